The van der Waals surface area contributed by atoms with Crippen LogP contribution < -0.4 is 10.6 Å². The Labute approximate surface area is 104 Å². The predicted octanol–water partition coefficient (Wildman–Crippen LogP) is 1.78. The molecule has 1 saturated heterocycles. The molecule has 1 unspecified atom stereocenters. The topological polar surface area (TPSA) is 47.1 Å². The van der Waals surface area contributed by atoms with Crippen molar-refractivity contribution < 1.29 is 0 Å². The molecule has 4 heteroatoms. The zero-order chi connectivity index (χ0) is 12.3. The van der Waals surface area contributed by atoms with E-state index in [0.717, 1.165) is 37.8 Å². The van der Waals surface area contributed by atoms with Crippen LogP contribution in [-0.2, 0) is 6.54 Å². The van der Waals surface area contributed by atoms with Crippen LogP contribution in [0, 0.1) is 12.8 Å². The first-order valence-corrected chi connectivity index (χ1v) is 6.73. The number of unbranched alkanes of at least 4 members (excludes halogenated alkanes) is 1. The van der Waals surface area contributed by atoms with E-state index < -0.39 is 0 Å². The first-order chi connectivity index (χ1) is 8.24. The molecule has 0 saturated carbocycles. The molecule has 0 aromatic carbocycles. The highest BCUT2D eigenvalue weighted by Crippen LogP contribution is 2.23. The minimum Gasteiger partial charge on any atom is -0.342 e. The van der Waals surface area contributed by atoms with Gasteiger partial charge in [-0.2, -0.15) is 0 Å². The van der Waals surface area contributed by atoms with Gasteiger partial charge in [0, 0.05) is 25.8 Å². The number of aromatic nitrogens is 2. The van der Waals surface area contributed by atoms with Gasteiger partial charge in [0.15, 0.2) is 0 Å². The molecule has 0 spiro atoms. The van der Waals surface area contributed by atoms with Crippen molar-refractivity contribution in [1.82, 2.24) is 9.55 Å². The fourth-order valence-corrected chi connectivity index (χ4v) is 2.49. The van der Waals surface area contributed by atoms with Crippen molar-refractivity contribution in [2.75, 3.05) is 24.5 Å². The second kappa shape index (κ2) is 5.54. The second-order valence-electron chi connectivity index (χ2n) is 5.07. The van der Waals surface area contributed by atoms with Crippen LogP contribution in [0.5, 0.6) is 0 Å². The van der Waals surface area contributed by atoms with Gasteiger partial charge < -0.3 is 15.2 Å². The highest BCUT2D eigenvalue weighted by molar-refractivity contribution is 5.35. The Balaban J connectivity index is 2.09. The van der Waals surface area contributed by atoms with Gasteiger partial charge >= 0.3 is 0 Å². The average Bonchev–Trinajstić information content (AvgIpc) is 2.92. The smallest absolute Gasteiger partial charge is 0.205 e. The van der Waals surface area contributed by atoms with Crippen LogP contribution in [0.3, 0.4) is 0 Å². The Morgan fingerprint density at radius 3 is 3.00 bits per heavy atom. The summed E-state index contributed by atoms with van der Waals surface area (Å²) in [7, 11) is 0. The van der Waals surface area contributed by atoms with Gasteiger partial charge in [-0.15, -0.1) is 0 Å². The predicted molar refractivity (Wildman–Crippen MR) is 71.2 cm³/mol. The van der Waals surface area contributed by atoms with Crippen molar-refractivity contribution in [3.05, 3.63) is 11.9 Å². The Bertz CT molecular complexity index is 358. The van der Waals surface area contributed by atoms with Crippen LogP contribution in [0.1, 0.15) is 31.9 Å². The molecule has 0 amide bonds. The quantitative estimate of drug-likeness (QED) is 0.847. The third kappa shape index (κ3) is 2.80. The summed E-state index contributed by atoms with van der Waals surface area (Å²) in [5.74, 6) is 1.79. The lowest BCUT2D eigenvalue weighted by molar-refractivity contribution is 0.595. The highest BCUT2D eigenvalue weighted by atomic mass is 15.3. The van der Waals surface area contributed by atoms with Crippen LogP contribution in [0.2, 0.25) is 0 Å². The molecule has 1 fully saturated rings. The molecule has 1 aromatic heterocycles. The third-order valence-electron chi connectivity index (χ3n) is 3.53. The zero-order valence-electron chi connectivity index (χ0n) is 11.0. The number of nitrogens with two attached hydrogens (primary N) is 1. The molecular formula is C13H24N4. The third-order valence-corrected chi connectivity index (χ3v) is 3.53. The minimum atomic E-state index is 0.645. The Morgan fingerprint density at radius 2 is 2.35 bits per heavy atom. The van der Waals surface area contributed by atoms with Crippen LogP contribution in [-0.4, -0.2) is 29.2 Å². The van der Waals surface area contributed by atoms with Crippen LogP contribution in [0.25, 0.3) is 0 Å². The number of hydrogen-bond donors (Lipinski definition) is 1. The van der Waals surface area contributed by atoms with E-state index in [9.17, 15) is 0 Å². The SMILES string of the molecule is CCCCn1cc(C)nc1N1CCC(CN)C1. The van der Waals surface area contributed by atoms with Gasteiger partial charge in [-0.25, -0.2) is 4.98 Å². The van der Waals surface area contributed by atoms with E-state index in [4.69, 9.17) is 5.73 Å². The molecule has 96 valence electrons. The van der Waals surface area contributed by atoms with E-state index in [1.807, 2.05) is 0 Å². The van der Waals surface area contributed by atoms with Crippen molar-refractivity contribution in [1.29, 1.82) is 0 Å². The number of anilines is 1. The van der Waals surface area contributed by atoms with E-state index in [1.165, 1.54) is 19.3 Å². The van der Waals surface area contributed by atoms with Gasteiger partial charge in [-0.3, -0.25) is 0 Å². The Morgan fingerprint density at radius 1 is 1.53 bits per heavy atom. The number of imidazole rings is 1. The number of hydrogen-bond acceptors (Lipinski definition) is 3. The van der Waals surface area contributed by atoms with Gasteiger partial charge in [-0.05, 0) is 32.2 Å². The lowest BCUT2D eigenvalue weighted by Crippen LogP contribution is -2.25. The van der Waals surface area contributed by atoms with E-state index in [-0.39, 0.29) is 0 Å². The van der Waals surface area contributed by atoms with Gasteiger partial charge in [0.2, 0.25) is 5.95 Å². The van der Waals surface area contributed by atoms with Gasteiger partial charge in [0.25, 0.3) is 0 Å². The van der Waals surface area contributed by atoms with E-state index in [1.54, 1.807) is 0 Å². The molecule has 1 aromatic rings. The largest absolute Gasteiger partial charge is 0.342 e. The second-order valence-corrected chi connectivity index (χ2v) is 5.07. The van der Waals surface area contributed by atoms with Crippen LogP contribution in [0.15, 0.2) is 6.20 Å². The Hall–Kier alpha value is -1.03. The average molecular weight is 236 g/mol. The summed E-state index contributed by atoms with van der Waals surface area (Å²) in [5.41, 5.74) is 6.86. The highest BCUT2D eigenvalue weighted by Gasteiger charge is 2.24. The lowest BCUT2D eigenvalue weighted by atomic mass is 10.1. The summed E-state index contributed by atoms with van der Waals surface area (Å²) < 4.78 is 2.30. The van der Waals surface area contributed by atoms with E-state index >= 15 is 0 Å². The monoisotopic (exact) mass is 236 g/mol. The fraction of sp³-hybridized carbons (Fsp3) is 0.769. The van der Waals surface area contributed by atoms with Crippen molar-refractivity contribution in [2.24, 2.45) is 11.7 Å². The van der Waals surface area contributed by atoms with Crippen LogP contribution in [0.4, 0.5) is 5.95 Å². The normalized spacial score (nSPS) is 20.2. The molecule has 1 aliphatic rings. The van der Waals surface area contributed by atoms with Gasteiger partial charge in [0.05, 0.1) is 5.69 Å². The number of nitrogens with zero attached hydrogens (tertiary/aromatic N) is 3. The van der Waals surface area contributed by atoms with E-state index in [0.29, 0.717) is 5.92 Å². The molecule has 0 aliphatic carbocycles. The summed E-state index contributed by atoms with van der Waals surface area (Å²) >= 11 is 0. The number of aryl methyl sites for hydroxylation is 2. The van der Waals surface area contributed by atoms with Gasteiger partial charge in [-0.1, -0.05) is 13.3 Å². The molecule has 0 radical (unpaired) electrons. The summed E-state index contributed by atoms with van der Waals surface area (Å²) in [6.45, 7) is 8.34. The van der Waals surface area contributed by atoms with Crippen molar-refractivity contribution in [2.45, 2.75) is 39.7 Å². The minimum absolute atomic E-state index is 0.645. The van der Waals surface area contributed by atoms with Crippen molar-refractivity contribution in [3.8, 4) is 0 Å². The molecule has 1 atom stereocenters. The van der Waals surface area contributed by atoms with Crippen molar-refractivity contribution >= 4 is 5.95 Å². The van der Waals surface area contributed by atoms with Crippen molar-refractivity contribution in [3.63, 3.8) is 0 Å². The summed E-state index contributed by atoms with van der Waals surface area (Å²) in [4.78, 5) is 7.05. The maximum Gasteiger partial charge on any atom is 0.205 e. The standard InChI is InChI=1S/C13H24N4/c1-3-4-6-16-9-11(2)15-13(16)17-7-5-12(8-14)10-17/h9,12H,3-8,10,14H2,1-2H3. The fourth-order valence-electron chi connectivity index (χ4n) is 2.49. The molecule has 1 aliphatic heterocycles. The molecule has 4 nitrogen and oxygen atoms in total. The molecule has 0 bridgehead atoms. The summed E-state index contributed by atoms with van der Waals surface area (Å²) in [6.07, 6.45) is 5.82. The molecule has 17 heavy (non-hydrogen) atoms. The van der Waals surface area contributed by atoms with E-state index in [2.05, 4.69) is 34.5 Å². The first-order valence-electron chi connectivity index (χ1n) is 6.73. The lowest BCUT2D eigenvalue weighted by Gasteiger charge is -2.18. The Kier molecular flexibility index (Phi) is 4.05. The number of rotatable bonds is 5. The molecule has 2 rings (SSSR count). The maximum absolute atomic E-state index is 5.74. The maximum atomic E-state index is 5.74. The molecule has 2 N–H and O–H groups in total. The summed E-state index contributed by atoms with van der Waals surface area (Å²) in [6, 6.07) is 0. The first kappa shape index (κ1) is 12.4. The van der Waals surface area contributed by atoms with Crippen LogP contribution >= 0.6 is 0 Å². The molecule has 2 heterocycles. The molecular weight excluding hydrogens is 212 g/mol. The zero-order valence-corrected chi connectivity index (χ0v) is 11.0. The van der Waals surface area contributed by atoms with Gasteiger partial charge in [0.1, 0.15) is 0 Å². The summed E-state index contributed by atoms with van der Waals surface area (Å²) in [5, 5.41) is 0.